The molecule has 0 unspecified atom stereocenters. The van der Waals surface area contributed by atoms with Gasteiger partial charge in [0.25, 0.3) is 0 Å². The highest BCUT2D eigenvalue weighted by Crippen LogP contribution is 2.21. The number of nitrogens with zero attached hydrogens (tertiary/aromatic N) is 1. The molecule has 0 fully saturated rings. The number of carbonyl (C=O) groups is 1. The van der Waals surface area contributed by atoms with Gasteiger partial charge in [0.1, 0.15) is 5.60 Å². The molecule has 1 amide bonds. The number of carbonyl (C=O) groups excluding carboxylic acids is 1. The van der Waals surface area contributed by atoms with Crippen LogP contribution < -0.4 is 0 Å². The van der Waals surface area contributed by atoms with E-state index in [1.54, 1.807) is 11.9 Å². The van der Waals surface area contributed by atoms with Crippen LogP contribution in [0.3, 0.4) is 0 Å². The summed E-state index contributed by atoms with van der Waals surface area (Å²) in [5.41, 5.74) is 1.86. The van der Waals surface area contributed by atoms with E-state index in [4.69, 9.17) is 4.74 Å². The zero-order valence-corrected chi connectivity index (χ0v) is 12.2. The largest absolute Gasteiger partial charge is 0.444 e. The Labute approximate surface area is 110 Å². The standard InChI is InChI=1S/C15H23NO2/c1-11-7-9-13(10-8-11)12(2)16(6)14(17)18-15(3,4)5/h7-10,12H,1-6H3/t12-/m1/s1. The highest BCUT2D eigenvalue weighted by Gasteiger charge is 2.23. The van der Waals surface area contributed by atoms with Crippen molar-refractivity contribution in [1.82, 2.24) is 4.90 Å². The van der Waals surface area contributed by atoms with Crippen LogP contribution in [-0.2, 0) is 4.74 Å². The number of amides is 1. The SMILES string of the molecule is Cc1ccc([C@@H](C)N(C)C(=O)OC(C)(C)C)cc1. The zero-order valence-electron chi connectivity index (χ0n) is 12.2. The summed E-state index contributed by atoms with van der Waals surface area (Å²) < 4.78 is 5.35. The van der Waals surface area contributed by atoms with Gasteiger partial charge in [0, 0.05) is 7.05 Å². The van der Waals surface area contributed by atoms with E-state index in [0.717, 1.165) is 5.56 Å². The molecule has 0 saturated heterocycles. The molecule has 0 radical (unpaired) electrons. The minimum Gasteiger partial charge on any atom is -0.444 e. The normalized spacial score (nSPS) is 13.0. The van der Waals surface area contributed by atoms with Crippen molar-refractivity contribution in [3.8, 4) is 0 Å². The van der Waals surface area contributed by atoms with E-state index < -0.39 is 5.60 Å². The first-order valence-corrected chi connectivity index (χ1v) is 6.23. The second-order valence-corrected chi connectivity index (χ2v) is 5.68. The quantitative estimate of drug-likeness (QED) is 0.795. The van der Waals surface area contributed by atoms with Gasteiger partial charge in [-0.25, -0.2) is 4.79 Å². The molecule has 1 aromatic rings. The fourth-order valence-corrected chi connectivity index (χ4v) is 1.56. The summed E-state index contributed by atoms with van der Waals surface area (Å²) in [7, 11) is 1.76. The minimum absolute atomic E-state index is 0.000417. The zero-order chi connectivity index (χ0) is 13.9. The molecule has 0 bridgehead atoms. The summed E-state index contributed by atoms with van der Waals surface area (Å²) in [5.74, 6) is 0. The van der Waals surface area contributed by atoms with E-state index >= 15 is 0 Å². The third-order valence-corrected chi connectivity index (χ3v) is 2.82. The number of ether oxygens (including phenoxy) is 1. The highest BCUT2D eigenvalue weighted by atomic mass is 16.6. The Morgan fingerprint density at radius 1 is 1.22 bits per heavy atom. The van der Waals surface area contributed by atoms with Crippen LogP contribution >= 0.6 is 0 Å². The molecule has 0 aliphatic carbocycles. The molecule has 1 atom stereocenters. The lowest BCUT2D eigenvalue weighted by atomic mass is 10.1. The molecule has 0 aliphatic heterocycles. The van der Waals surface area contributed by atoms with Crippen LogP contribution in [0.15, 0.2) is 24.3 Å². The van der Waals surface area contributed by atoms with Crippen molar-refractivity contribution in [2.45, 2.75) is 46.3 Å². The maximum atomic E-state index is 11.9. The molecule has 3 nitrogen and oxygen atoms in total. The van der Waals surface area contributed by atoms with Gasteiger partial charge in [0.05, 0.1) is 6.04 Å². The molecule has 0 heterocycles. The average molecular weight is 249 g/mol. The summed E-state index contributed by atoms with van der Waals surface area (Å²) in [6.07, 6.45) is -0.296. The highest BCUT2D eigenvalue weighted by molar-refractivity contribution is 5.68. The maximum absolute atomic E-state index is 11.9. The number of hydrogen-bond donors (Lipinski definition) is 0. The van der Waals surface area contributed by atoms with Gasteiger partial charge in [-0.3, -0.25) is 0 Å². The molecule has 1 rings (SSSR count). The molecular weight excluding hydrogens is 226 g/mol. The third-order valence-electron chi connectivity index (χ3n) is 2.82. The molecule has 0 spiro atoms. The first kappa shape index (κ1) is 14.6. The predicted molar refractivity (Wildman–Crippen MR) is 73.6 cm³/mol. The lowest BCUT2D eigenvalue weighted by molar-refractivity contribution is 0.0234. The summed E-state index contributed by atoms with van der Waals surface area (Å²) in [4.78, 5) is 13.6. The molecule has 3 heteroatoms. The Hall–Kier alpha value is -1.51. The Bertz CT molecular complexity index is 403. The molecule has 0 aliphatic rings. The van der Waals surface area contributed by atoms with Gasteiger partial charge in [-0.15, -0.1) is 0 Å². The molecule has 0 saturated carbocycles. The van der Waals surface area contributed by atoms with Gasteiger partial charge in [-0.05, 0) is 40.2 Å². The third kappa shape index (κ3) is 4.06. The summed E-state index contributed by atoms with van der Waals surface area (Å²) in [6.45, 7) is 9.65. The maximum Gasteiger partial charge on any atom is 0.410 e. The number of aryl methyl sites for hydroxylation is 1. The van der Waals surface area contributed by atoms with Crippen molar-refractivity contribution in [1.29, 1.82) is 0 Å². The van der Waals surface area contributed by atoms with Crippen molar-refractivity contribution in [2.75, 3.05) is 7.05 Å². The van der Waals surface area contributed by atoms with E-state index in [9.17, 15) is 4.79 Å². The van der Waals surface area contributed by atoms with E-state index in [1.807, 2.05) is 46.8 Å². The van der Waals surface area contributed by atoms with Crippen LogP contribution in [0.25, 0.3) is 0 Å². The van der Waals surface area contributed by atoms with E-state index in [0.29, 0.717) is 0 Å². The lowest BCUT2D eigenvalue weighted by Crippen LogP contribution is -2.35. The lowest BCUT2D eigenvalue weighted by Gasteiger charge is -2.29. The van der Waals surface area contributed by atoms with Crippen LogP contribution in [0.2, 0.25) is 0 Å². The second-order valence-electron chi connectivity index (χ2n) is 5.68. The topological polar surface area (TPSA) is 29.5 Å². The van der Waals surface area contributed by atoms with Crippen LogP contribution in [-0.4, -0.2) is 23.6 Å². The smallest absolute Gasteiger partial charge is 0.410 e. The van der Waals surface area contributed by atoms with Crippen molar-refractivity contribution >= 4 is 6.09 Å². The molecule has 1 aromatic carbocycles. The van der Waals surface area contributed by atoms with Crippen LogP contribution in [0.4, 0.5) is 4.79 Å². The van der Waals surface area contributed by atoms with Crippen molar-refractivity contribution < 1.29 is 9.53 Å². The van der Waals surface area contributed by atoms with E-state index in [1.165, 1.54) is 5.56 Å². The van der Waals surface area contributed by atoms with Gasteiger partial charge in [0.15, 0.2) is 0 Å². The van der Waals surface area contributed by atoms with Crippen LogP contribution in [0, 0.1) is 6.92 Å². The van der Waals surface area contributed by atoms with Gasteiger partial charge in [-0.2, -0.15) is 0 Å². The second kappa shape index (κ2) is 5.42. The molecule has 0 aromatic heterocycles. The Kier molecular flexibility index (Phi) is 4.38. The van der Waals surface area contributed by atoms with Crippen molar-refractivity contribution in [2.24, 2.45) is 0 Å². The predicted octanol–water partition coefficient (Wildman–Crippen LogP) is 3.92. The van der Waals surface area contributed by atoms with Crippen molar-refractivity contribution in [3.05, 3.63) is 35.4 Å². The number of benzene rings is 1. The number of rotatable bonds is 2. The number of hydrogen-bond acceptors (Lipinski definition) is 2. The average Bonchev–Trinajstić information content (AvgIpc) is 2.26. The van der Waals surface area contributed by atoms with Crippen LogP contribution in [0.1, 0.15) is 44.9 Å². The van der Waals surface area contributed by atoms with Gasteiger partial charge in [-0.1, -0.05) is 29.8 Å². The summed E-state index contributed by atoms with van der Waals surface area (Å²) in [6, 6.07) is 8.19. The first-order valence-electron chi connectivity index (χ1n) is 6.23. The summed E-state index contributed by atoms with van der Waals surface area (Å²) in [5, 5.41) is 0. The monoisotopic (exact) mass is 249 g/mol. The van der Waals surface area contributed by atoms with Gasteiger partial charge in [0.2, 0.25) is 0 Å². The van der Waals surface area contributed by atoms with E-state index in [-0.39, 0.29) is 12.1 Å². The fourth-order valence-electron chi connectivity index (χ4n) is 1.56. The summed E-state index contributed by atoms with van der Waals surface area (Å²) >= 11 is 0. The first-order chi connectivity index (χ1) is 8.20. The van der Waals surface area contributed by atoms with E-state index in [2.05, 4.69) is 12.1 Å². The fraction of sp³-hybridized carbons (Fsp3) is 0.533. The molecule has 100 valence electrons. The van der Waals surface area contributed by atoms with Gasteiger partial charge >= 0.3 is 6.09 Å². The molecule has 0 N–H and O–H groups in total. The Morgan fingerprint density at radius 3 is 2.17 bits per heavy atom. The van der Waals surface area contributed by atoms with Crippen molar-refractivity contribution in [3.63, 3.8) is 0 Å². The molecule has 18 heavy (non-hydrogen) atoms. The van der Waals surface area contributed by atoms with Crippen LogP contribution in [0.5, 0.6) is 0 Å². The van der Waals surface area contributed by atoms with Gasteiger partial charge < -0.3 is 9.64 Å². The Morgan fingerprint density at radius 2 is 1.72 bits per heavy atom. The minimum atomic E-state index is -0.460. The molecular formula is C15H23NO2. The Balaban J connectivity index is 2.74.